The van der Waals surface area contributed by atoms with E-state index in [1.807, 2.05) is 0 Å². The minimum atomic E-state index is -4.90. The zero-order chi connectivity index (χ0) is 43.0. The minimum absolute atomic E-state index is 0.0252. The van der Waals surface area contributed by atoms with E-state index >= 15 is 0 Å². The van der Waals surface area contributed by atoms with Gasteiger partial charge in [0.05, 0.1) is 38.1 Å². The first-order valence-electron chi connectivity index (χ1n) is 20.1. The molecule has 18 heteroatoms. The van der Waals surface area contributed by atoms with Crippen LogP contribution in [0.5, 0.6) is 0 Å². The van der Waals surface area contributed by atoms with Crippen LogP contribution in [0.2, 0.25) is 0 Å². The van der Waals surface area contributed by atoms with Gasteiger partial charge in [0, 0.05) is 12.8 Å². The van der Waals surface area contributed by atoms with Crippen LogP contribution in [0, 0.1) is 5.92 Å². The van der Waals surface area contributed by atoms with Crippen LogP contribution in [0.15, 0.2) is 48.6 Å². The number of ether oxygens (including phenoxy) is 2. The summed E-state index contributed by atoms with van der Waals surface area (Å²) in [6.07, 6.45) is 19.4. The number of phosphoric acid groups is 2. The molecule has 0 aliphatic rings. The monoisotopic (exact) mass is 856 g/mol. The van der Waals surface area contributed by atoms with E-state index in [4.69, 9.17) is 23.8 Å². The molecule has 0 radical (unpaired) electrons. The normalized spacial score (nSPS) is 16.9. The van der Waals surface area contributed by atoms with Crippen molar-refractivity contribution in [1.82, 2.24) is 0 Å². The molecule has 0 aromatic rings. The Kier molecular flexibility index (Phi) is 32.5. The number of carbonyl (C=O) groups is 2. The fraction of sp³-hybridized carbons (Fsp3) is 0.744. The predicted molar refractivity (Wildman–Crippen MR) is 216 cm³/mol. The van der Waals surface area contributed by atoms with Gasteiger partial charge >= 0.3 is 27.6 Å². The molecule has 0 saturated heterocycles. The van der Waals surface area contributed by atoms with Gasteiger partial charge in [0.1, 0.15) is 12.7 Å². The number of hydrogen-bond acceptors (Lipinski definition) is 13. The summed E-state index contributed by atoms with van der Waals surface area (Å²) in [6, 6.07) is 0. The van der Waals surface area contributed by atoms with Gasteiger partial charge in [-0.1, -0.05) is 134 Å². The Balaban J connectivity index is 4.93. The smallest absolute Gasteiger partial charge is 0.462 e. The summed E-state index contributed by atoms with van der Waals surface area (Å²) < 4.78 is 47.3. The van der Waals surface area contributed by atoms with Gasteiger partial charge in [-0.2, -0.15) is 0 Å². The molecular formula is C39H70O16P2. The molecule has 0 heterocycles. The van der Waals surface area contributed by atoms with Crippen molar-refractivity contribution in [2.24, 2.45) is 5.92 Å². The lowest BCUT2D eigenvalue weighted by Crippen LogP contribution is -2.30. The summed E-state index contributed by atoms with van der Waals surface area (Å²) in [5, 5.41) is 40.2. The zero-order valence-electron chi connectivity index (χ0n) is 33.9. The molecule has 0 spiro atoms. The molecule has 57 heavy (non-hydrogen) atoms. The lowest BCUT2D eigenvalue weighted by molar-refractivity contribution is -0.161. The molecular weight excluding hydrogens is 786 g/mol. The molecule has 0 aliphatic heterocycles. The first-order valence-corrected chi connectivity index (χ1v) is 23.1. The fourth-order valence-electron chi connectivity index (χ4n) is 5.00. The van der Waals surface area contributed by atoms with Crippen LogP contribution < -0.4 is 0 Å². The van der Waals surface area contributed by atoms with Gasteiger partial charge in [-0.15, -0.1) is 0 Å². The van der Waals surface area contributed by atoms with Crippen molar-refractivity contribution in [3.05, 3.63) is 48.6 Å². The third-order valence-electron chi connectivity index (χ3n) is 8.62. The summed E-state index contributed by atoms with van der Waals surface area (Å²) in [7, 11) is -9.80. The Morgan fingerprint density at radius 2 is 1.18 bits per heavy atom. The number of carbonyl (C=O) groups excluding carboxylic acids is 2. The average molecular weight is 857 g/mol. The van der Waals surface area contributed by atoms with Crippen LogP contribution in [0.3, 0.4) is 0 Å². The van der Waals surface area contributed by atoms with E-state index in [-0.39, 0.29) is 25.7 Å². The van der Waals surface area contributed by atoms with Crippen molar-refractivity contribution in [2.45, 2.75) is 154 Å². The SMILES string of the molecule is CCCCC[C@H](O)/C=C/C=C\C=C\C=C\[C@H](O)[C@@H](O)CCCC(=O)O[C@H](COC(=O)CCCCCCCCC(C)CC)COP(=O)(O)OC[C@@H](O)COP(=O)(O)O. The Morgan fingerprint density at radius 1 is 0.614 bits per heavy atom. The van der Waals surface area contributed by atoms with E-state index in [0.29, 0.717) is 6.42 Å². The van der Waals surface area contributed by atoms with Gasteiger partial charge in [0.25, 0.3) is 0 Å². The van der Waals surface area contributed by atoms with Crippen molar-refractivity contribution in [3.63, 3.8) is 0 Å². The molecule has 0 amide bonds. The predicted octanol–water partition coefficient (Wildman–Crippen LogP) is 6.27. The highest BCUT2D eigenvalue weighted by atomic mass is 31.2. The fourth-order valence-corrected chi connectivity index (χ4v) is 6.16. The van der Waals surface area contributed by atoms with Crippen molar-refractivity contribution < 1.29 is 76.9 Å². The van der Waals surface area contributed by atoms with Gasteiger partial charge < -0.3 is 44.6 Å². The van der Waals surface area contributed by atoms with E-state index in [1.165, 1.54) is 25.3 Å². The van der Waals surface area contributed by atoms with Crippen LogP contribution in [0.1, 0.15) is 124 Å². The summed E-state index contributed by atoms with van der Waals surface area (Å²) >= 11 is 0. The van der Waals surface area contributed by atoms with E-state index in [1.54, 1.807) is 42.5 Å². The topological polar surface area (TPSA) is 256 Å². The Morgan fingerprint density at radius 3 is 1.82 bits per heavy atom. The van der Waals surface area contributed by atoms with E-state index in [2.05, 4.69) is 29.8 Å². The second-order valence-corrected chi connectivity index (χ2v) is 16.7. The second-order valence-electron chi connectivity index (χ2n) is 14.0. The number of rotatable bonds is 36. The van der Waals surface area contributed by atoms with Gasteiger partial charge in [-0.3, -0.25) is 23.2 Å². The summed E-state index contributed by atoms with van der Waals surface area (Å²) in [5.41, 5.74) is 0. The van der Waals surface area contributed by atoms with E-state index < -0.39 is 84.5 Å². The quantitative estimate of drug-likeness (QED) is 0.0159. The van der Waals surface area contributed by atoms with E-state index in [0.717, 1.165) is 57.3 Å². The van der Waals surface area contributed by atoms with Crippen molar-refractivity contribution >= 4 is 27.6 Å². The number of hydrogen-bond donors (Lipinski definition) is 7. The van der Waals surface area contributed by atoms with Gasteiger partial charge in [-0.05, 0) is 31.6 Å². The lowest BCUT2D eigenvalue weighted by Gasteiger charge is -2.21. The number of unbranched alkanes of at least 4 members (excludes halogenated alkanes) is 7. The van der Waals surface area contributed by atoms with Crippen LogP contribution in [-0.2, 0) is 41.8 Å². The van der Waals surface area contributed by atoms with Crippen LogP contribution in [0.4, 0.5) is 0 Å². The number of allylic oxidation sites excluding steroid dienone is 6. The van der Waals surface area contributed by atoms with Crippen molar-refractivity contribution in [3.8, 4) is 0 Å². The molecule has 0 aromatic carbocycles. The Bertz CT molecular complexity index is 1270. The van der Waals surface area contributed by atoms with Crippen molar-refractivity contribution in [2.75, 3.05) is 26.4 Å². The first-order chi connectivity index (χ1) is 27.0. The van der Waals surface area contributed by atoms with E-state index in [9.17, 15) is 44.0 Å². The van der Waals surface area contributed by atoms with Crippen molar-refractivity contribution in [1.29, 1.82) is 0 Å². The standard InChI is InChI=1S/C39H70O16P2/c1-4-6-15-22-33(40)23-17-12-8-9-13-18-24-36(42)37(43)25-20-27-39(45)55-35(31-54-57(49,50)53-29-34(41)28-52-56(46,47)48)30-51-38(44)26-19-14-10-7-11-16-21-32(3)5-2/h8-9,12-13,17-18,23-24,32-37,40-43H,4-7,10-11,14-16,19-22,25-31H2,1-3H3,(H,49,50)(H2,46,47,48)/b12-8-,13-9+,23-17+,24-18+/t32?,33-,34-,35+,36-,37-/m0/s1. The molecule has 7 atom stereocenters. The summed E-state index contributed by atoms with van der Waals surface area (Å²) in [6.45, 7) is 3.46. The first kappa shape index (κ1) is 55.0. The molecule has 2 unspecified atom stereocenters. The van der Waals surface area contributed by atoms with Gasteiger partial charge in [0.2, 0.25) is 0 Å². The maximum atomic E-state index is 12.6. The maximum absolute atomic E-state index is 12.6. The third kappa shape index (κ3) is 35.6. The average Bonchev–Trinajstić information content (AvgIpc) is 3.15. The maximum Gasteiger partial charge on any atom is 0.472 e. The molecule has 0 rings (SSSR count). The van der Waals surface area contributed by atoms with Gasteiger partial charge in [0.15, 0.2) is 6.10 Å². The Labute approximate surface area is 338 Å². The number of phosphoric ester groups is 2. The van der Waals surface area contributed by atoms with Crippen LogP contribution >= 0.6 is 15.6 Å². The summed E-state index contributed by atoms with van der Waals surface area (Å²) in [4.78, 5) is 52.5. The zero-order valence-corrected chi connectivity index (χ0v) is 35.7. The van der Waals surface area contributed by atoms with Gasteiger partial charge in [-0.25, -0.2) is 9.13 Å². The minimum Gasteiger partial charge on any atom is -0.462 e. The van der Waals surface area contributed by atoms with Crippen LogP contribution in [0.25, 0.3) is 0 Å². The lowest BCUT2D eigenvalue weighted by atomic mass is 10.00. The highest BCUT2D eigenvalue weighted by molar-refractivity contribution is 7.47. The largest absolute Gasteiger partial charge is 0.472 e. The molecule has 0 bridgehead atoms. The molecule has 0 aromatic heterocycles. The molecule has 0 fully saturated rings. The highest BCUT2D eigenvalue weighted by Crippen LogP contribution is 2.43. The molecule has 0 saturated carbocycles. The highest BCUT2D eigenvalue weighted by Gasteiger charge is 2.28. The van der Waals surface area contributed by atoms with Crippen LogP contribution in [-0.4, -0.2) is 104 Å². The molecule has 16 nitrogen and oxygen atoms in total. The summed E-state index contributed by atoms with van der Waals surface area (Å²) in [5.74, 6) is -0.648. The molecule has 332 valence electrons. The third-order valence-corrected chi connectivity index (χ3v) is 10.1. The Hall–Kier alpha value is -2.04. The number of esters is 2. The second kappa shape index (κ2) is 33.8. The molecule has 7 N–H and O–H groups in total. The number of aliphatic hydroxyl groups excluding tert-OH is 4. The molecule has 0 aliphatic carbocycles. The number of aliphatic hydroxyl groups is 4.